The lowest BCUT2D eigenvalue weighted by Gasteiger charge is -2.08. The van der Waals surface area contributed by atoms with Gasteiger partial charge in [0, 0.05) is 23.1 Å². The minimum atomic E-state index is -3.38. The number of anilines is 1. The first kappa shape index (κ1) is 18.7. The normalized spacial score (nSPS) is 11.2. The van der Waals surface area contributed by atoms with Gasteiger partial charge in [0.15, 0.2) is 14.9 Å². The number of aromatic nitrogens is 2. The van der Waals surface area contributed by atoms with Crippen molar-refractivity contribution >= 4 is 21.4 Å². The molecule has 6 nitrogen and oxygen atoms in total. The van der Waals surface area contributed by atoms with Crippen molar-refractivity contribution in [1.29, 1.82) is 0 Å². The number of sulfone groups is 1. The van der Waals surface area contributed by atoms with Gasteiger partial charge < -0.3 is 5.32 Å². The van der Waals surface area contributed by atoms with Crippen molar-refractivity contribution in [3.05, 3.63) is 71.3 Å². The van der Waals surface area contributed by atoms with Crippen molar-refractivity contribution in [3.63, 3.8) is 0 Å². The zero-order valence-electron chi connectivity index (χ0n) is 15.2. The second-order valence-electron chi connectivity index (χ2n) is 6.44. The Bertz CT molecular complexity index is 1070. The molecule has 0 saturated heterocycles. The predicted octanol–water partition coefficient (Wildman–Crippen LogP) is 3.42. The summed E-state index contributed by atoms with van der Waals surface area (Å²) in [5.74, 6) is -0.174. The number of hydrogen-bond donors (Lipinski definition) is 1. The van der Waals surface area contributed by atoms with E-state index in [1.165, 1.54) is 6.07 Å². The van der Waals surface area contributed by atoms with Crippen LogP contribution in [0.5, 0.6) is 0 Å². The third-order valence-corrected chi connectivity index (χ3v) is 4.92. The summed E-state index contributed by atoms with van der Waals surface area (Å²) in [5.41, 5.74) is 4.65. The van der Waals surface area contributed by atoms with Crippen molar-refractivity contribution in [2.75, 3.05) is 11.6 Å². The Morgan fingerprint density at radius 3 is 2.04 bits per heavy atom. The van der Waals surface area contributed by atoms with Crippen LogP contribution in [0, 0.1) is 13.8 Å². The zero-order chi connectivity index (χ0) is 19.6. The van der Waals surface area contributed by atoms with Gasteiger partial charge in [-0.2, -0.15) is 0 Å². The molecule has 0 atom stereocenters. The third kappa shape index (κ3) is 4.57. The number of carbonyl (C=O) groups excluding carboxylic acids is 1. The van der Waals surface area contributed by atoms with Gasteiger partial charge in [-0.25, -0.2) is 8.42 Å². The van der Waals surface area contributed by atoms with Gasteiger partial charge in [-0.3, -0.25) is 4.79 Å². The highest BCUT2D eigenvalue weighted by Crippen LogP contribution is 2.20. The summed E-state index contributed by atoms with van der Waals surface area (Å²) in [6, 6.07) is 15.8. The van der Waals surface area contributed by atoms with Crippen molar-refractivity contribution in [3.8, 4) is 11.3 Å². The van der Waals surface area contributed by atoms with Gasteiger partial charge >= 0.3 is 0 Å². The van der Waals surface area contributed by atoms with Gasteiger partial charge in [0.1, 0.15) is 0 Å². The number of aryl methyl sites for hydroxylation is 2. The summed E-state index contributed by atoms with van der Waals surface area (Å²) in [6.45, 7) is 3.91. The molecule has 0 aliphatic heterocycles. The molecule has 0 unspecified atom stereocenters. The van der Waals surface area contributed by atoms with Crippen LogP contribution in [0.1, 0.15) is 21.5 Å². The molecule has 3 aromatic rings. The molecular weight excluding hydrogens is 362 g/mol. The Morgan fingerprint density at radius 1 is 0.889 bits per heavy atom. The molecule has 1 amide bonds. The molecule has 0 spiro atoms. The Labute approximate surface area is 158 Å². The van der Waals surface area contributed by atoms with Crippen molar-refractivity contribution in [2.24, 2.45) is 0 Å². The SMILES string of the molecule is Cc1cc(C)cc(C(=O)Nc2ccc(-c3ccc(S(C)(=O)=O)nn3)cc2)c1. The molecule has 7 heteroatoms. The zero-order valence-corrected chi connectivity index (χ0v) is 16.0. The van der Waals surface area contributed by atoms with Crippen LogP contribution in [0.25, 0.3) is 11.3 Å². The summed E-state index contributed by atoms with van der Waals surface area (Å²) in [4.78, 5) is 12.4. The van der Waals surface area contributed by atoms with E-state index in [0.717, 1.165) is 22.9 Å². The first-order valence-corrected chi connectivity index (χ1v) is 10.2. The number of nitrogens with one attached hydrogen (secondary N) is 1. The minimum absolute atomic E-state index is 0.0661. The fourth-order valence-corrected chi connectivity index (χ4v) is 3.21. The van der Waals surface area contributed by atoms with Gasteiger partial charge in [0.05, 0.1) is 5.69 Å². The van der Waals surface area contributed by atoms with E-state index in [1.807, 2.05) is 32.0 Å². The number of rotatable bonds is 4. The molecule has 138 valence electrons. The average Bonchev–Trinajstić information content (AvgIpc) is 2.61. The molecule has 0 radical (unpaired) electrons. The fourth-order valence-electron chi connectivity index (χ4n) is 2.71. The highest BCUT2D eigenvalue weighted by molar-refractivity contribution is 7.90. The number of benzene rings is 2. The van der Waals surface area contributed by atoms with E-state index in [9.17, 15) is 13.2 Å². The molecule has 0 aliphatic carbocycles. The van der Waals surface area contributed by atoms with E-state index >= 15 is 0 Å². The highest BCUT2D eigenvalue weighted by Gasteiger charge is 2.11. The summed E-state index contributed by atoms with van der Waals surface area (Å²) in [6.07, 6.45) is 1.09. The molecular formula is C20H19N3O3S. The number of carbonyl (C=O) groups is 1. The number of amides is 1. The van der Waals surface area contributed by atoms with Crippen molar-refractivity contribution in [2.45, 2.75) is 18.9 Å². The summed E-state index contributed by atoms with van der Waals surface area (Å²) in [7, 11) is -3.38. The highest BCUT2D eigenvalue weighted by atomic mass is 32.2. The van der Waals surface area contributed by atoms with Gasteiger partial charge in [-0.15, -0.1) is 10.2 Å². The van der Waals surface area contributed by atoms with Crippen molar-refractivity contribution in [1.82, 2.24) is 10.2 Å². The average molecular weight is 381 g/mol. The maximum absolute atomic E-state index is 12.4. The van der Waals surface area contributed by atoms with E-state index in [-0.39, 0.29) is 10.9 Å². The molecule has 0 saturated carbocycles. The second-order valence-corrected chi connectivity index (χ2v) is 8.40. The molecule has 27 heavy (non-hydrogen) atoms. The first-order chi connectivity index (χ1) is 12.7. The van der Waals surface area contributed by atoms with Crippen LogP contribution < -0.4 is 5.32 Å². The van der Waals surface area contributed by atoms with Crippen LogP contribution in [0.4, 0.5) is 5.69 Å². The summed E-state index contributed by atoms with van der Waals surface area (Å²) < 4.78 is 22.9. The molecule has 3 rings (SSSR count). The predicted molar refractivity (Wildman–Crippen MR) is 104 cm³/mol. The molecule has 0 bridgehead atoms. The molecule has 0 aliphatic rings. The third-order valence-electron chi connectivity index (χ3n) is 3.94. The second kappa shape index (κ2) is 7.28. The molecule has 1 N–H and O–H groups in total. The Morgan fingerprint density at radius 2 is 1.52 bits per heavy atom. The van der Waals surface area contributed by atoms with E-state index < -0.39 is 9.84 Å². The van der Waals surface area contributed by atoms with E-state index in [1.54, 1.807) is 30.3 Å². The maximum atomic E-state index is 12.4. The van der Waals surface area contributed by atoms with Crippen LogP contribution in [0.3, 0.4) is 0 Å². The topological polar surface area (TPSA) is 89.0 Å². The van der Waals surface area contributed by atoms with Gasteiger partial charge in [0.25, 0.3) is 5.91 Å². The first-order valence-electron chi connectivity index (χ1n) is 8.26. The molecule has 1 aromatic heterocycles. The Hall–Kier alpha value is -3.06. The Kier molecular flexibility index (Phi) is 5.05. The van der Waals surface area contributed by atoms with E-state index in [0.29, 0.717) is 16.9 Å². The largest absolute Gasteiger partial charge is 0.322 e. The fraction of sp³-hybridized carbons (Fsp3) is 0.150. The molecule has 1 heterocycles. The molecule has 0 fully saturated rings. The van der Waals surface area contributed by atoms with Crippen LogP contribution in [0.15, 0.2) is 59.6 Å². The van der Waals surface area contributed by atoms with Gasteiger partial charge in [0.2, 0.25) is 0 Å². The van der Waals surface area contributed by atoms with Crippen molar-refractivity contribution < 1.29 is 13.2 Å². The lowest BCUT2D eigenvalue weighted by molar-refractivity contribution is 0.102. The summed E-state index contributed by atoms with van der Waals surface area (Å²) >= 11 is 0. The molecule has 2 aromatic carbocycles. The smallest absolute Gasteiger partial charge is 0.255 e. The number of nitrogens with zero attached hydrogens (tertiary/aromatic N) is 2. The van der Waals surface area contributed by atoms with Gasteiger partial charge in [-0.05, 0) is 50.2 Å². The van der Waals surface area contributed by atoms with E-state index in [4.69, 9.17) is 0 Å². The van der Waals surface area contributed by atoms with Crippen LogP contribution in [-0.2, 0) is 9.84 Å². The van der Waals surface area contributed by atoms with E-state index in [2.05, 4.69) is 15.5 Å². The standard InChI is InChI=1S/C20H19N3O3S/c1-13-10-14(2)12-16(11-13)20(24)21-17-6-4-15(5-7-17)18-8-9-19(23-22-18)27(3,25)26/h4-12H,1-3H3,(H,21,24). The number of hydrogen-bond acceptors (Lipinski definition) is 5. The lowest BCUT2D eigenvalue weighted by atomic mass is 10.1. The summed E-state index contributed by atoms with van der Waals surface area (Å²) in [5, 5.41) is 10.5. The quantitative estimate of drug-likeness (QED) is 0.748. The monoisotopic (exact) mass is 381 g/mol. The lowest BCUT2D eigenvalue weighted by Crippen LogP contribution is -2.12. The van der Waals surface area contributed by atoms with Crippen LogP contribution in [-0.4, -0.2) is 30.8 Å². The maximum Gasteiger partial charge on any atom is 0.255 e. The van der Waals surface area contributed by atoms with Crippen LogP contribution >= 0.6 is 0 Å². The Balaban J connectivity index is 1.76. The van der Waals surface area contributed by atoms with Gasteiger partial charge in [-0.1, -0.05) is 29.3 Å². The van der Waals surface area contributed by atoms with Crippen LogP contribution in [0.2, 0.25) is 0 Å². The minimum Gasteiger partial charge on any atom is -0.322 e.